The number of hydrogen-bond donors (Lipinski definition) is 1. The van der Waals surface area contributed by atoms with Crippen LogP contribution in [0.1, 0.15) is 16.7 Å². The molecule has 1 aromatic heterocycles. The van der Waals surface area contributed by atoms with Crippen molar-refractivity contribution >= 4 is 23.2 Å². The van der Waals surface area contributed by atoms with E-state index in [4.69, 9.17) is 4.74 Å². The monoisotopic (exact) mass is 303 g/mol. The van der Waals surface area contributed by atoms with Crippen LogP contribution >= 0.6 is 11.3 Å². The molecular formula is C16H17NO3S. The van der Waals surface area contributed by atoms with Gasteiger partial charge in [-0.15, -0.1) is 0 Å². The molecule has 0 saturated carbocycles. The number of aryl methyl sites for hydroxylation is 1. The second-order valence-electron chi connectivity index (χ2n) is 4.73. The molecular weight excluding hydrogens is 286 g/mol. The Hall–Kier alpha value is -2.14. The van der Waals surface area contributed by atoms with Crippen LogP contribution in [0.2, 0.25) is 0 Å². The number of carbonyl (C=O) groups is 2. The minimum Gasteiger partial charge on any atom is -0.455 e. The van der Waals surface area contributed by atoms with Crippen LogP contribution in [-0.2, 0) is 27.3 Å². The van der Waals surface area contributed by atoms with Gasteiger partial charge in [0.05, 0.1) is 6.42 Å². The summed E-state index contributed by atoms with van der Waals surface area (Å²) in [6.45, 7) is 2.20. The molecule has 1 N–H and O–H groups in total. The van der Waals surface area contributed by atoms with Gasteiger partial charge in [0, 0.05) is 6.54 Å². The molecule has 0 atom stereocenters. The summed E-state index contributed by atoms with van der Waals surface area (Å²) in [5.74, 6) is -0.687. The number of nitrogens with one attached hydrogen (secondary N) is 1. The van der Waals surface area contributed by atoms with Gasteiger partial charge in [-0.3, -0.25) is 9.59 Å². The molecule has 1 amide bonds. The van der Waals surface area contributed by atoms with Gasteiger partial charge in [0.1, 0.15) is 0 Å². The zero-order valence-corrected chi connectivity index (χ0v) is 12.6. The Labute approximate surface area is 127 Å². The van der Waals surface area contributed by atoms with Crippen LogP contribution in [0.25, 0.3) is 0 Å². The fourth-order valence-electron chi connectivity index (χ4n) is 1.71. The van der Waals surface area contributed by atoms with Crippen molar-refractivity contribution in [2.45, 2.75) is 19.9 Å². The minimum atomic E-state index is -0.390. The Morgan fingerprint density at radius 2 is 1.90 bits per heavy atom. The molecule has 21 heavy (non-hydrogen) atoms. The molecule has 2 rings (SSSR count). The Bertz CT molecular complexity index is 590. The average Bonchev–Trinajstić information content (AvgIpc) is 2.97. The van der Waals surface area contributed by atoms with Gasteiger partial charge in [-0.25, -0.2) is 0 Å². The standard InChI is InChI=1S/C16H17NO3S/c1-12-2-4-13(5-3-12)9-17-15(18)10-20-16(19)8-14-6-7-21-11-14/h2-7,11H,8-10H2,1H3,(H,17,18). The highest BCUT2D eigenvalue weighted by Gasteiger charge is 2.08. The zero-order valence-electron chi connectivity index (χ0n) is 11.8. The van der Waals surface area contributed by atoms with Crippen LogP contribution in [0.3, 0.4) is 0 Å². The molecule has 2 aromatic rings. The zero-order chi connectivity index (χ0) is 15.1. The van der Waals surface area contributed by atoms with Gasteiger partial charge < -0.3 is 10.1 Å². The van der Waals surface area contributed by atoms with Crippen LogP contribution in [0.5, 0.6) is 0 Å². The summed E-state index contributed by atoms with van der Waals surface area (Å²) in [6.07, 6.45) is 0.203. The molecule has 0 fully saturated rings. The van der Waals surface area contributed by atoms with E-state index in [1.165, 1.54) is 16.9 Å². The lowest BCUT2D eigenvalue weighted by Crippen LogP contribution is -2.28. The van der Waals surface area contributed by atoms with Gasteiger partial charge in [0.2, 0.25) is 0 Å². The predicted octanol–water partition coefficient (Wildman–Crippen LogP) is 2.46. The largest absolute Gasteiger partial charge is 0.455 e. The van der Waals surface area contributed by atoms with Crippen LogP contribution in [0.15, 0.2) is 41.1 Å². The normalized spacial score (nSPS) is 10.1. The van der Waals surface area contributed by atoms with E-state index < -0.39 is 0 Å². The van der Waals surface area contributed by atoms with E-state index in [1.54, 1.807) is 0 Å². The summed E-state index contributed by atoms with van der Waals surface area (Å²) in [7, 11) is 0. The summed E-state index contributed by atoms with van der Waals surface area (Å²) in [6, 6.07) is 9.75. The minimum absolute atomic E-state index is 0.203. The van der Waals surface area contributed by atoms with E-state index in [1.807, 2.05) is 48.0 Å². The van der Waals surface area contributed by atoms with Gasteiger partial charge >= 0.3 is 5.97 Å². The number of esters is 1. The summed E-state index contributed by atoms with van der Waals surface area (Å²) >= 11 is 1.53. The molecule has 0 aliphatic heterocycles. The SMILES string of the molecule is Cc1ccc(CNC(=O)COC(=O)Cc2ccsc2)cc1. The van der Waals surface area contributed by atoms with Gasteiger partial charge in [-0.2, -0.15) is 11.3 Å². The molecule has 0 aliphatic rings. The maximum Gasteiger partial charge on any atom is 0.310 e. The van der Waals surface area contributed by atoms with E-state index in [0.29, 0.717) is 6.54 Å². The Kier molecular flexibility index (Phi) is 5.51. The fraction of sp³-hybridized carbons (Fsp3) is 0.250. The lowest BCUT2D eigenvalue weighted by atomic mass is 10.1. The highest BCUT2D eigenvalue weighted by atomic mass is 32.1. The third-order valence-electron chi connectivity index (χ3n) is 2.90. The summed E-state index contributed by atoms with van der Waals surface area (Å²) in [5.41, 5.74) is 3.09. The highest BCUT2D eigenvalue weighted by Crippen LogP contribution is 2.07. The smallest absolute Gasteiger partial charge is 0.310 e. The van der Waals surface area contributed by atoms with E-state index in [2.05, 4.69) is 5.32 Å². The molecule has 0 bridgehead atoms. The lowest BCUT2D eigenvalue weighted by Gasteiger charge is -2.06. The van der Waals surface area contributed by atoms with Crippen LogP contribution in [-0.4, -0.2) is 18.5 Å². The number of thiophene rings is 1. The topological polar surface area (TPSA) is 55.4 Å². The van der Waals surface area contributed by atoms with Crippen molar-refractivity contribution in [1.29, 1.82) is 0 Å². The number of benzene rings is 1. The van der Waals surface area contributed by atoms with E-state index >= 15 is 0 Å². The molecule has 4 nitrogen and oxygen atoms in total. The first-order valence-corrected chi connectivity index (χ1v) is 7.57. The van der Waals surface area contributed by atoms with E-state index in [9.17, 15) is 9.59 Å². The first-order chi connectivity index (χ1) is 10.1. The second kappa shape index (κ2) is 7.59. The first-order valence-electron chi connectivity index (χ1n) is 6.62. The van der Waals surface area contributed by atoms with Gasteiger partial charge in [-0.05, 0) is 34.9 Å². The number of ether oxygens (including phenoxy) is 1. The number of carbonyl (C=O) groups excluding carboxylic acids is 2. The van der Waals surface area contributed by atoms with Crippen molar-refractivity contribution in [2.24, 2.45) is 0 Å². The Balaban J connectivity index is 1.67. The Morgan fingerprint density at radius 3 is 2.57 bits per heavy atom. The summed E-state index contributed by atoms with van der Waals surface area (Å²) < 4.78 is 4.94. The molecule has 0 unspecified atom stereocenters. The van der Waals surface area contributed by atoms with Crippen molar-refractivity contribution in [3.05, 3.63) is 57.8 Å². The number of hydrogen-bond acceptors (Lipinski definition) is 4. The van der Waals surface area contributed by atoms with Crippen molar-refractivity contribution in [2.75, 3.05) is 6.61 Å². The van der Waals surface area contributed by atoms with Crippen LogP contribution < -0.4 is 5.32 Å². The summed E-state index contributed by atoms with van der Waals surface area (Å²) in [4.78, 5) is 23.1. The third kappa shape index (κ3) is 5.39. The average molecular weight is 303 g/mol. The second-order valence-corrected chi connectivity index (χ2v) is 5.51. The molecule has 0 radical (unpaired) electrons. The fourth-order valence-corrected chi connectivity index (χ4v) is 2.38. The van der Waals surface area contributed by atoms with Gasteiger partial charge in [-0.1, -0.05) is 29.8 Å². The van der Waals surface area contributed by atoms with Crippen molar-refractivity contribution < 1.29 is 14.3 Å². The molecule has 5 heteroatoms. The van der Waals surface area contributed by atoms with Crippen molar-refractivity contribution in [3.8, 4) is 0 Å². The molecule has 1 aromatic carbocycles. The van der Waals surface area contributed by atoms with Gasteiger partial charge in [0.25, 0.3) is 5.91 Å². The summed E-state index contributed by atoms with van der Waals surface area (Å²) in [5, 5.41) is 6.51. The first kappa shape index (κ1) is 15.3. The highest BCUT2D eigenvalue weighted by molar-refractivity contribution is 7.07. The lowest BCUT2D eigenvalue weighted by molar-refractivity contribution is -0.147. The molecule has 0 aliphatic carbocycles. The predicted molar refractivity (Wildman–Crippen MR) is 82.0 cm³/mol. The van der Waals surface area contributed by atoms with Crippen LogP contribution in [0, 0.1) is 6.92 Å². The molecule has 0 spiro atoms. The third-order valence-corrected chi connectivity index (χ3v) is 3.64. The number of amides is 1. The maximum atomic E-state index is 11.6. The van der Waals surface area contributed by atoms with E-state index in [0.717, 1.165) is 11.1 Å². The van der Waals surface area contributed by atoms with Crippen molar-refractivity contribution in [3.63, 3.8) is 0 Å². The molecule has 110 valence electrons. The Morgan fingerprint density at radius 1 is 1.14 bits per heavy atom. The van der Waals surface area contributed by atoms with Gasteiger partial charge in [0.15, 0.2) is 6.61 Å². The van der Waals surface area contributed by atoms with Crippen LogP contribution in [0.4, 0.5) is 0 Å². The van der Waals surface area contributed by atoms with Crippen molar-refractivity contribution in [1.82, 2.24) is 5.32 Å². The quantitative estimate of drug-likeness (QED) is 0.834. The maximum absolute atomic E-state index is 11.6. The molecule has 0 saturated heterocycles. The van der Waals surface area contributed by atoms with E-state index in [-0.39, 0.29) is 24.9 Å². The number of rotatable bonds is 6. The molecule has 1 heterocycles.